The number of aliphatic hydroxyl groups is 1. The van der Waals surface area contributed by atoms with Crippen LogP contribution in [0.1, 0.15) is 22.6 Å². The first kappa shape index (κ1) is 23.3. The van der Waals surface area contributed by atoms with Gasteiger partial charge in [-0.05, 0) is 54.3 Å². The van der Waals surface area contributed by atoms with E-state index in [2.05, 4.69) is 19.9 Å². The van der Waals surface area contributed by atoms with Crippen molar-refractivity contribution >= 4 is 16.9 Å². The number of aromatic nitrogens is 5. The lowest BCUT2D eigenvalue weighted by Gasteiger charge is -2.31. The fraction of sp³-hybridized carbons (Fsp3) is 0.179. The van der Waals surface area contributed by atoms with E-state index >= 15 is 0 Å². The second-order valence-corrected chi connectivity index (χ2v) is 8.97. The van der Waals surface area contributed by atoms with Crippen molar-refractivity contribution in [2.75, 3.05) is 12.3 Å². The topological polar surface area (TPSA) is 120 Å². The molecule has 3 N–H and O–H groups in total. The molecule has 0 spiro atoms. The fourth-order valence-electron chi connectivity index (χ4n) is 4.69. The summed E-state index contributed by atoms with van der Waals surface area (Å²) >= 11 is 0. The molecule has 8 heteroatoms. The highest BCUT2D eigenvalue weighted by Crippen LogP contribution is 2.38. The van der Waals surface area contributed by atoms with Crippen LogP contribution in [0.5, 0.6) is 0 Å². The molecule has 1 atom stereocenters. The highest BCUT2D eigenvalue weighted by Gasteiger charge is 2.40. The van der Waals surface area contributed by atoms with Crippen molar-refractivity contribution in [3.8, 4) is 11.1 Å². The number of nitrogen functional groups attached to an aromatic ring is 1. The van der Waals surface area contributed by atoms with E-state index in [0.29, 0.717) is 29.0 Å². The molecule has 0 bridgehead atoms. The number of aliphatic hydroxyl groups excluding tert-OH is 1. The van der Waals surface area contributed by atoms with Crippen molar-refractivity contribution < 1.29 is 5.11 Å². The molecular formula is C28H26N6O2. The average molecular weight is 479 g/mol. The molecule has 0 aliphatic carbocycles. The Balaban J connectivity index is 1.80. The predicted molar refractivity (Wildman–Crippen MR) is 139 cm³/mol. The maximum absolute atomic E-state index is 12.2. The van der Waals surface area contributed by atoms with Gasteiger partial charge in [0.15, 0.2) is 0 Å². The molecule has 0 saturated carbocycles. The first-order valence-corrected chi connectivity index (χ1v) is 11.6. The summed E-state index contributed by atoms with van der Waals surface area (Å²) in [6.07, 6.45) is 5.52. The summed E-state index contributed by atoms with van der Waals surface area (Å²) in [6.45, 7) is 1.51. The normalized spacial score (nSPS) is 13.0. The van der Waals surface area contributed by atoms with Crippen LogP contribution in [0.15, 0.2) is 84.0 Å². The first-order valence-electron chi connectivity index (χ1n) is 11.6. The Morgan fingerprint density at radius 1 is 0.972 bits per heavy atom. The van der Waals surface area contributed by atoms with E-state index in [9.17, 15) is 9.90 Å². The summed E-state index contributed by atoms with van der Waals surface area (Å²) in [5.74, 6) is 0.545. The van der Waals surface area contributed by atoms with Crippen LogP contribution in [-0.4, -0.2) is 36.2 Å². The summed E-state index contributed by atoms with van der Waals surface area (Å²) in [5.41, 5.74) is 9.66. The van der Waals surface area contributed by atoms with Gasteiger partial charge in [0.05, 0.1) is 17.8 Å². The third-order valence-corrected chi connectivity index (χ3v) is 6.47. The number of rotatable bonds is 6. The molecule has 3 heterocycles. The largest absolute Gasteiger partial charge is 0.395 e. The number of nitrogens with zero attached hydrogens (tertiary/aromatic N) is 5. The van der Waals surface area contributed by atoms with Crippen LogP contribution in [0, 0.1) is 6.92 Å². The molecule has 0 aliphatic rings. The lowest BCUT2D eigenvalue weighted by Crippen LogP contribution is -2.38. The second kappa shape index (κ2) is 9.31. The van der Waals surface area contributed by atoms with E-state index in [1.54, 1.807) is 43.2 Å². The molecule has 0 aliphatic heterocycles. The van der Waals surface area contributed by atoms with E-state index < -0.39 is 5.41 Å². The number of anilines is 1. The highest BCUT2D eigenvalue weighted by atomic mass is 16.3. The van der Waals surface area contributed by atoms with Gasteiger partial charge in [0.2, 0.25) is 5.95 Å². The van der Waals surface area contributed by atoms with Crippen LogP contribution in [0.4, 0.5) is 5.95 Å². The van der Waals surface area contributed by atoms with E-state index in [1.165, 1.54) is 0 Å². The molecule has 8 nitrogen and oxygen atoms in total. The Bertz CT molecular complexity index is 1580. The van der Waals surface area contributed by atoms with Crippen LogP contribution in [-0.2, 0) is 18.9 Å². The molecule has 0 fully saturated rings. The predicted octanol–water partition coefficient (Wildman–Crippen LogP) is 3.20. The van der Waals surface area contributed by atoms with Gasteiger partial charge in [-0.25, -0.2) is 19.9 Å². The van der Waals surface area contributed by atoms with Gasteiger partial charge >= 0.3 is 0 Å². The Kier molecular flexibility index (Phi) is 6.03. The summed E-state index contributed by atoms with van der Waals surface area (Å²) in [5, 5.41) is 11.7. The van der Waals surface area contributed by atoms with Crippen molar-refractivity contribution in [2.24, 2.45) is 7.05 Å². The van der Waals surface area contributed by atoms with Crippen molar-refractivity contribution in [1.29, 1.82) is 0 Å². The molecule has 0 radical (unpaired) electrons. The number of pyridine rings is 1. The average Bonchev–Trinajstić information content (AvgIpc) is 2.90. The zero-order valence-corrected chi connectivity index (χ0v) is 20.1. The lowest BCUT2D eigenvalue weighted by molar-refractivity contribution is 0.210. The fourth-order valence-corrected chi connectivity index (χ4v) is 4.69. The van der Waals surface area contributed by atoms with Crippen LogP contribution in [0.25, 0.3) is 22.0 Å². The maximum Gasteiger partial charge on any atom is 0.253 e. The number of fused-ring (bicyclic) bond motifs is 1. The van der Waals surface area contributed by atoms with E-state index in [0.717, 1.165) is 22.1 Å². The third kappa shape index (κ3) is 4.12. The number of hydrogen-bond donors (Lipinski definition) is 2. The Hall–Kier alpha value is -4.43. The molecule has 36 heavy (non-hydrogen) atoms. The first-order chi connectivity index (χ1) is 17.4. The van der Waals surface area contributed by atoms with Gasteiger partial charge in [-0.2, -0.15) is 0 Å². The van der Waals surface area contributed by atoms with Gasteiger partial charge in [-0.3, -0.25) is 4.79 Å². The third-order valence-electron chi connectivity index (χ3n) is 6.47. The second-order valence-electron chi connectivity index (χ2n) is 8.97. The standard InChI is InChI=1S/C28H26N6O2/c1-18-13-21(16-34(2)25(18)36)20-9-10-23-22(14-20)24(33-27(29)32-23)28(17-35,26-30-11-6-12-31-26)15-19-7-4-3-5-8-19/h3-14,16,35H,15,17H2,1-2H3,(H2,29,32,33). The summed E-state index contributed by atoms with van der Waals surface area (Å²) in [4.78, 5) is 30.4. The lowest BCUT2D eigenvalue weighted by atomic mass is 9.76. The Morgan fingerprint density at radius 3 is 2.42 bits per heavy atom. The minimum Gasteiger partial charge on any atom is -0.395 e. The molecule has 5 aromatic rings. The minimum atomic E-state index is -1.07. The molecule has 1 unspecified atom stereocenters. The van der Waals surface area contributed by atoms with Crippen LogP contribution >= 0.6 is 0 Å². The van der Waals surface area contributed by atoms with Crippen LogP contribution < -0.4 is 11.3 Å². The van der Waals surface area contributed by atoms with Crippen molar-refractivity contribution in [2.45, 2.75) is 18.8 Å². The molecule has 180 valence electrons. The summed E-state index contributed by atoms with van der Waals surface area (Å²) in [6, 6.07) is 19.2. The van der Waals surface area contributed by atoms with Gasteiger partial charge in [-0.1, -0.05) is 36.4 Å². The maximum atomic E-state index is 12.2. The highest BCUT2D eigenvalue weighted by molar-refractivity contribution is 5.88. The van der Waals surface area contributed by atoms with E-state index in [-0.39, 0.29) is 18.1 Å². The molecule has 2 aromatic carbocycles. The number of benzene rings is 2. The van der Waals surface area contributed by atoms with Gasteiger partial charge in [0.1, 0.15) is 11.2 Å². The van der Waals surface area contributed by atoms with E-state index in [1.807, 2.05) is 54.6 Å². The zero-order valence-electron chi connectivity index (χ0n) is 20.1. The molecule has 3 aromatic heterocycles. The number of aryl methyl sites for hydroxylation is 2. The van der Waals surface area contributed by atoms with Crippen molar-refractivity contribution in [3.63, 3.8) is 0 Å². The SMILES string of the molecule is Cc1cc(-c2ccc3nc(N)nc(C(CO)(Cc4ccccc4)c4ncccn4)c3c2)cn(C)c1=O. The number of nitrogens with two attached hydrogens (primary N) is 1. The smallest absolute Gasteiger partial charge is 0.253 e. The summed E-state index contributed by atoms with van der Waals surface area (Å²) in [7, 11) is 1.73. The minimum absolute atomic E-state index is 0.0419. The van der Waals surface area contributed by atoms with Gasteiger partial charge in [-0.15, -0.1) is 0 Å². The Labute approximate surface area is 208 Å². The van der Waals surface area contributed by atoms with Crippen molar-refractivity contribution in [3.05, 3.63) is 112 Å². The van der Waals surface area contributed by atoms with Crippen LogP contribution in [0.2, 0.25) is 0 Å². The number of hydrogen-bond acceptors (Lipinski definition) is 7. The molecule has 0 saturated heterocycles. The summed E-state index contributed by atoms with van der Waals surface area (Å²) < 4.78 is 1.57. The monoisotopic (exact) mass is 478 g/mol. The van der Waals surface area contributed by atoms with Gasteiger partial charge < -0.3 is 15.4 Å². The van der Waals surface area contributed by atoms with Crippen molar-refractivity contribution in [1.82, 2.24) is 24.5 Å². The van der Waals surface area contributed by atoms with E-state index in [4.69, 9.17) is 5.73 Å². The van der Waals surface area contributed by atoms with Gasteiger partial charge in [0, 0.05) is 36.6 Å². The van der Waals surface area contributed by atoms with Gasteiger partial charge in [0.25, 0.3) is 5.56 Å². The zero-order chi connectivity index (χ0) is 25.3. The molecular weight excluding hydrogens is 452 g/mol. The molecule has 0 amide bonds. The Morgan fingerprint density at radius 2 is 1.72 bits per heavy atom. The molecule has 5 rings (SSSR count). The quantitative estimate of drug-likeness (QED) is 0.385. The van der Waals surface area contributed by atoms with Crippen LogP contribution in [0.3, 0.4) is 0 Å².